The molecule has 0 bridgehead atoms. The van der Waals surface area contributed by atoms with Crippen LogP contribution in [0.5, 0.6) is 0 Å². The maximum absolute atomic E-state index is 4.74. The number of aryl methyl sites for hydroxylation is 1. The molecule has 0 aliphatic carbocycles. The van der Waals surface area contributed by atoms with Crippen LogP contribution in [0.15, 0.2) is 29.4 Å². The molecule has 1 aromatic heterocycles. The van der Waals surface area contributed by atoms with Gasteiger partial charge >= 0.3 is 0 Å². The molecule has 116 valence electrons. The van der Waals surface area contributed by atoms with Crippen LogP contribution in [0.4, 0.5) is 11.8 Å². The molecule has 3 heterocycles. The van der Waals surface area contributed by atoms with Gasteiger partial charge in [0, 0.05) is 30.9 Å². The summed E-state index contributed by atoms with van der Waals surface area (Å²) < 4.78 is 0. The molecule has 5 nitrogen and oxygen atoms in total. The van der Waals surface area contributed by atoms with Crippen LogP contribution >= 0.6 is 9.24 Å². The van der Waals surface area contributed by atoms with Gasteiger partial charge in [-0.3, -0.25) is 4.99 Å². The number of rotatable bonds is 2. The molecule has 0 saturated heterocycles. The highest BCUT2D eigenvalue weighted by molar-refractivity contribution is 7.27. The van der Waals surface area contributed by atoms with Gasteiger partial charge in [-0.05, 0) is 29.4 Å². The van der Waals surface area contributed by atoms with Gasteiger partial charge in [0.15, 0.2) is 0 Å². The molecule has 2 aromatic rings. The van der Waals surface area contributed by atoms with Gasteiger partial charge < -0.3 is 10.2 Å². The van der Waals surface area contributed by atoms with Crippen molar-refractivity contribution in [1.29, 1.82) is 0 Å². The first-order valence-electron chi connectivity index (χ1n) is 7.63. The van der Waals surface area contributed by atoms with Crippen LogP contribution in [0.2, 0.25) is 0 Å². The third-order valence-electron chi connectivity index (χ3n) is 4.23. The second-order valence-electron chi connectivity index (χ2n) is 5.68. The summed E-state index contributed by atoms with van der Waals surface area (Å²) >= 11 is 0. The number of benzene rings is 1. The van der Waals surface area contributed by atoms with Crippen LogP contribution in [0.3, 0.4) is 0 Å². The average Bonchev–Trinajstić information content (AvgIpc) is 3.04. The Morgan fingerprint density at radius 2 is 2.17 bits per heavy atom. The second-order valence-corrected chi connectivity index (χ2v) is 6.30. The largest absolute Gasteiger partial charge is 0.357 e. The Bertz CT molecular complexity index is 836. The van der Waals surface area contributed by atoms with Gasteiger partial charge in [-0.2, -0.15) is 4.98 Å². The van der Waals surface area contributed by atoms with Gasteiger partial charge in [-0.25, -0.2) is 4.98 Å². The highest BCUT2D eigenvalue weighted by atomic mass is 31.0. The van der Waals surface area contributed by atoms with Crippen LogP contribution in [0.1, 0.15) is 16.7 Å². The lowest BCUT2D eigenvalue weighted by Crippen LogP contribution is -2.33. The maximum Gasteiger partial charge on any atom is 0.224 e. The monoisotopic (exact) mass is 323 g/mol. The quantitative estimate of drug-likeness (QED) is 0.860. The Labute approximate surface area is 137 Å². The van der Waals surface area contributed by atoms with Crippen molar-refractivity contribution < 1.29 is 0 Å². The van der Waals surface area contributed by atoms with Crippen molar-refractivity contribution in [2.75, 3.05) is 30.4 Å². The molecule has 0 amide bonds. The zero-order valence-corrected chi connectivity index (χ0v) is 14.3. The fourth-order valence-corrected chi connectivity index (χ4v) is 3.66. The molecule has 1 unspecified atom stereocenters. The van der Waals surface area contributed by atoms with E-state index in [1.54, 1.807) is 0 Å². The summed E-state index contributed by atoms with van der Waals surface area (Å²) in [4.78, 5) is 15.9. The molecule has 4 rings (SSSR count). The maximum atomic E-state index is 4.74. The topological polar surface area (TPSA) is 53.4 Å². The third-order valence-corrected chi connectivity index (χ3v) is 4.71. The highest BCUT2D eigenvalue weighted by Gasteiger charge is 2.31. The number of hydrogen-bond donors (Lipinski definition) is 1. The van der Waals surface area contributed by atoms with E-state index >= 15 is 0 Å². The molecule has 6 heteroatoms. The van der Waals surface area contributed by atoms with Crippen molar-refractivity contribution in [3.8, 4) is 0 Å². The Morgan fingerprint density at radius 3 is 2.96 bits per heavy atom. The lowest BCUT2D eigenvalue weighted by atomic mass is 9.95. The van der Waals surface area contributed by atoms with E-state index < -0.39 is 0 Å². The summed E-state index contributed by atoms with van der Waals surface area (Å²) in [7, 11) is 4.67. The molecule has 1 atom stereocenters. The molecule has 0 radical (unpaired) electrons. The van der Waals surface area contributed by atoms with E-state index in [1.807, 2.05) is 13.2 Å². The van der Waals surface area contributed by atoms with E-state index in [2.05, 4.69) is 60.6 Å². The van der Waals surface area contributed by atoms with Crippen LogP contribution in [0, 0.1) is 6.92 Å². The Balaban J connectivity index is 1.95. The van der Waals surface area contributed by atoms with Crippen molar-refractivity contribution in [1.82, 2.24) is 9.97 Å². The summed E-state index contributed by atoms with van der Waals surface area (Å²) in [5.74, 6) is 2.58. The fourth-order valence-electron chi connectivity index (χ4n) is 3.17. The van der Waals surface area contributed by atoms with Gasteiger partial charge in [0.2, 0.25) is 5.95 Å². The van der Waals surface area contributed by atoms with E-state index in [0.717, 1.165) is 35.9 Å². The highest BCUT2D eigenvalue weighted by Crippen LogP contribution is 2.35. The number of hydrogen-bond acceptors (Lipinski definition) is 5. The predicted octanol–water partition coefficient (Wildman–Crippen LogP) is 2.10. The van der Waals surface area contributed by atoms with E-state index in [1.165, 1.54) is 16.4 Å². The zero-order chi connectivity index (χ0) is 16.0. The average molecular weight is 323 g/mol. The first-order chi connectivity index (χ1) is 11.2. The van der Waals surface area contributed by atoms with Crippen LogP contribution in [-0.4, -0.2) is 35.9 Å². The molecule has 2 aliphatic heterocycles. The number of anilines is 2. The van der Waals surface area contributed by atoms with Crippen molar-refractivity contribution in [2.45, 2.75) is 6.92 Å². The minimum Gasteiger partial charge on any atom is -0.357 e. The number of fused-ring (bicyclic) bond motifs is 3. The predicted molar refractivity (Wildman–Crippen MR) is 99.6 cm³/mol. The van der Waals surface area contributed by atoms with Gasteiger partial charge in [0.25, 0.3) is 0 Å². The van der Waals surface area contributed by atoms with Gasteiger partial charge in [0.05, 0.1) is 6.54 Å². The summed E-state index contributed by atoms with van der Waals surface area (Å²) in [6.07, 6.45) is 4.04. The molecular formula is C17H18N5P. The lowest BCUT2D eigenvalue weighted by molar-refractivity contribution is 0.985. The molecule has 0 saturated carbocycles. The Hall–Kier alpha value is -2.26. The van der Waals surface area contributed by atoms with Crippen molar-refractivity contribution in [3.05, 3.63) is 41.1 Å². The number of aliphatic imine (C=N–C) groups is 1. The van der Waals surface area contributed by atoms with Crippen LogP contribution in [-0.2, 0) is 0 Å². The van der Waals surface area contributed by atoms with E-state index in [9.17, 15) is 0 Å². The zero-order valence-electron chi connectivity index (χ0n) is 13.2. The van der Waals surface area contributed by atoms with Gasteiger partial charge in [-0.1, -0.05) is 18.2 Å². The normalized spacial score (nSPS) is 15.7. The number of amidine groups is 1. The van der Waals surface area contributed by atoms with Gasteiger partial charge in [0.1, 0.15) is 11.7 Å². The van der Waals surface area contributed by atoms with Crippen molar-refractivity contribution >= 4 is 43.8 Å². The first kappa shape index (κ1) is 14.3. The molecule has 0 spiro atoms. The summed E-state index contributed by atoms with van der Waals surface area (Å²) in [5, 5.41) is 4.19. The van der Waals surface area contributed by atoms with E-state index in [0.29, 0.717) is 5.95 Å². The van der Waals surface area contributed by atoms with Crippen LogP contribution in [0.25, 0.3) is 11.6 Å². The number of nitrogens with zero attached hydrogens (tertiary/aromatic N) is 4. The second kappa shape index (κ2) is 5.43. The molecule has 1 N–H and O–H groups in total. The summed E-state index contributed by atoms with van der Waals surface area (Å²) in [6.45, 7) is 3.79. The smallest absolute Gasteiger partial charge is 0.224 e. The number of aromatic nitrogens is 2. The van der Waals surface area contributed by atoms with E-state index in [-0.39, 0.29) is 0 Å². The molecule has 1 aromatic carbocycles. The lowest BCUT2D eigenvalue weighted by Gasteiger charge is -2.28. The first-order valence-corrected chi connectivity index (χ1v) is 8.21. The number of nitrogens with one attached hydrogen (secondary N) is 1. The Morgan fingerprint density at radius 1 is 1.30 bits per heavy atom. The molecule has 2 aliphatic rings. The molecular weight excluding hydrogens is 305 g/mol. The Kier molecular flexibility index (Phi) is 3.38. The van der Waals surface area contributed by atoms with Crippen molar-refractivity contribution in [3.63, 3.8) is 0 Å². The molecule has 0 fully saturated rings. The van der Waals surface area contributed by atoms with Crippen molar-refractivity contribution in [2.24, 2.45) is 4.99 Å². The minimum absolute atomic E-state index is 0.634. The fraction of sp³-hybridized carbons (Fsp3) is 0.235. The SMILES string of the molecule is CNc1ncc2c(n1)N1CCN=C1C(c1c(C)cccc1P)=C2. The van der Waals surface area contributed by atoms with E-state index in [4.69, 9.17) is 4.99 Å². The third kappa shape index (κ3) is 2.23. The summed E-state index contributed by atoms with van der Waals surface area (Å²) in [5.41, 5.74) is 4.66. The summed E-state index contributed by atoms with van der Waals surface area (Å²) in [6, 6.07) is 6.33. The standard InChI is InChI=1S/C17H18N5P/c1-10-4-3-5-13(23)14(10)12-8-11-9-20-17(18-2)21-15(11)22-7-6-19-16(12)22/h3-5,8-9H,6-7,23H2,1-2H3,(H,18,20,21). The van der Waals surface area contributed by atoms with Gasteiger partial charge in [-0.15, -0.1) is 9.24 Å². The minimum atomic E-state index is 0.634. The van der Waals surface area contributed by atoms with Crippen LogP contribution < -0.4 is 15.5 Å². The molecule has 23 heavy (non-hydrogen) atoms.